The van der Waals surface area contributed by atoms with Gasteiger partial charge in [-0.05, 0) is 61.2 Å². The summed E-state index contributed by atoms with van der Waals surface area (Å²) in [5, 5.41) is 13.5. The van der Waals surface area contributed by atoms with Gasteiger partial charge in [-0.3, -0.25) is 0 Å². The number of imidazole rings is 1. The van der Waals surface area contributed by atoms with Gasteiger partial charge in [-0.2, -0.15) is 0 Å². The van der Waals surface area contributed by atoms with Gasteiger partial charge >= 0.3 is 0 Å². The van der Waals surface area contributed by atoms with Crippen molar-refractivity contribution in [3.8, 4) is 22.6 Å². The van der Waals surface area contributed by atoms with Gasteiger partial charge in [-0.25, -0.2) is 9.97 Å². The summed E-state index contributed by atoms with van der Waals surface area (Å²) in [4.78, 5) is 9.29. The molecule has 0 spiro atoms. The first-order chi connectivity index (χ1) is 17.6. The number of ether oxygens (including phenoxy) is 1. The first-order valence-corrected chi connectivity index (χ1v) is 12.1. The molecule has 184 valence electrons. The van der Waals surface area contributed by atoms with E-state index >= 15 is 0 Å². The minimum Gasteiger partial charge on any atom is -0.441 e. The summed E-state index contributed by atoms with van der Waals surface area (Å²) in [5.41, 5.74) is 8.65. The monoisotopic (exact) mass is 482 g/mol. The topological polar surface area (TPSA) is 84.8 Å². The number of methoxy groups -OCH3 is 1. The highest BCUT2D eigenvalue weighted by molar-refractivity contribution is 5.80. The molecule has 0 radical (unpaired) electrons. The van der Waals surface area contributed by atoms with Gasteiger partial charge in [0, 0.05) is 43.7 Å². The zero-order valence-electron chi connectivity index (χ0n) is 20.8. The summed E-state index contributed by atoms with van der Waals surface area (Å²) in [6.45, 7) is 4.50. The fraction of sp³-hybridized carbons (Fsp3) is 0.241. The summed E-state index contributed by atoms with van der Waals surface area (Å²) < 4.78 is 13.2. The third kappa shape index (κ3) is 4.63. The molecule has 2 N–H and O–H groups in total. The molecule has 3 aromatic heterocycles. The summed E-state index contributed by atoms with van der Waals surface area (Å²) in [6.07, 6.45) is 5.50. The Balaban J connectivity index is 1.56. The molecule has 2 aromatic carbocycles. The Labute approximate surface area is 210 Å². The van der Waals surface area contributed by atoms with Crippen LogP contribution in [0.2, 0.25) is 0 Å². The maximum atomic E-state index is 10.0. The van der Waals surface area contributed by atoms with Crippen LogP contribution in [0.4, 0.5) is 11.4 Å². The Hall–Kier alpha value is -3.94. The molecule has 3 heterocycles. The normalized spacial score (nSPS) is 11.3. The molecule has 0 fully saturated rings. The maximum absolute atomic E-state index is 10.0. The molecule has 36 heavy (non-hydrogen) atoms. The number of aryl methyl sites for hydroxylation is 3. The van der Waals surface area contributed by atoms with Gasteiger partial charge in [0.25, 0.3) is 0 Å². The molecule has 0 aliphatic rings. The molecule has 0 aliphatic heterocycles. The predicted molar refractivity (Wildman–Crippen MR) is 141 cm³/mol. The second-order valence-corrected chi connectivity index (χ2v) is 8.83. The molecule has 5 aromatic rings. The molecule has 7 nitrogen and oxygen atoms in total. The van der Waals surface area contributed by atoms with Gasteiger partial charge in [0.15, 0.2) is 17.3 Å². The lowest BCUT2D eigenvalue weighted by molar-refractivity contribution is 0.195. The van der Waals surface area contributed by atoms with Crippen molar-refractivity contribution in [3.63, 3.8) is 0 Å². The summed E-state index contributed by atoms with van der Waals surface area (Å²) in [6, 6.07) is 18.2. The largest absolute Gasteiger partial charge is 0.441 e. The van der Waals surface area contributed by atoms with Gasteiger partial charge < -0.3 is 24.0 Å². The van der Waals surface area contributed by atoms with E-state index in [-0.39, 0.29) is 6.61 Å². The van der Waals surface area contributed by atoms with E-state index in [1.165, 1.54) is 5.56 Å². The number of aliphatic hydroxyl groups is 1. The highest BCUT2D eigenvalue weighted by Gasteiger charge is 2.18. The van der Waals surface area contributed by atoms with Crippen LogP contribution < -0.4 is 5.32 Å². The Bertz CT molecular complexity index is 1500. The highest BCUT2D eigenvalue weighted by atomic mass is 16.5. The molecule has 0 unspecified atom stereocenters. The van der Waals surface area contributed by atoms with Crippen molar-refractivity contribution < 1.29 is 14.3 Å². The second-order valence-electron chi connectivity index (χ2n) is 8.83. The number of aromatic nitrogens is 3. The zero-order chi connectivity index (χ0) is 25.1. The number of benzene rings is 2. The molecular formula is C29H30N4O3. The lowest BCUT2D eigenvalue weighted by atomic mass is 10.0. The van der Waals surface area contributed by atoms with Crippen LogP contribution in [0, 0.1) is 13.8 Å². The fourth-order valence-corrected chi connectivity index (χ4v) is 4.58. The van der Waals surface area contributed by atoms with Crippen LogP contribution >= 0.6 is 0 Å². The Morgan fingerprint density at radius 3 is 2.67 bits per heavy atom. The van der Waals surface area contributed by atoms with Crippen LogP contribution in [-0.4, -0.2) is 33.2 Å². The minimum atomic E-state index is -0.112. The first-order valence-electron chi connectivity index (χ1n) is 12.1. The Morgan fingerprint density at radius 1 is 1.06 bits per heavy atom. The number of anilines is 2. The van der Waals surface area contributed by atoms with Gasteiger partial charge in [-0.15, -0.1) is 0 Å². The van der Waals surface area contributed by atoms with Crippen LogP contribution in [-0.2, 0) is 17.8 Å². The van der Waals surface area contributed by atoms with E-state index in [1.807, 2.05) is 30.3 Å². The SMILES string of the molecule is COCCCc1c(-c2ccccc2C)nc2c(Nc3ccc(-c4cnc(C)o4)c(CO)c3)cccn12. The number of pyridine rings is 1. The van der Waals surface area contributed by atoms with Gasteiger partial charge in [-0.1, -0.05) is 24.3 Å². The Kier molecular flexibility index (Phi) is 6.84. The first kappa shape index (κ1) is 23.8. The van der Waals surface area contributed by atoms with E-state index in [1.54, 1.807) is 20.2 Å². The van der Waals surface area contributed by atoms with Crippen molar-refractivity contribution in [2.24, 2.45) is 0 Å². The molecule has 0 aliphatic carbocycles. The number of fused-ring (bicyclic) bond motifs is 1. The maximum Gasteiger partial charge on any atom is 0.191 e. The number of nitrogens with one attached hydrogen (secondary N) is 1. The molecular weight excluding hydrogens is 452 g/mol. The predicted octanol–water partition coefficient (Wildman–Crippen LogP) is 6.09. The molecule has 0 saturated carbocycles. The van der Waals surface area contributed by atoms with E-state index in [0.717, 1.165) is 57.9 Å². The number of oxazole rings is 1. The number of nitrogens with zero attached hydrogens (tertiary/aromatic N) is 3. The van der Waals surface area contributed by atoms with Crippen molar-refractivity contribution in [2.45, 2.75) is 33.3 Å². The molecule has 7 heteroatoms. The van der Waals surface area contributed by atoms with Crippen molar-refractivity contribution in [2.75, 3.05) is 19.0 Å². The standard InChI is InChI=1S/C29H30N4O3/c1-19-8-4-5-9-23(19)28-26(11-7-15-35-3)33-14-6-10-25(29(33)32-28)31-22-12-13-24(21(16-22)18-34)27-17-30-20(2)36-27/h4-6,8-10,12-14,16-17,31,34H,7,11,15,18H2,1-3H3. The molecule has 0 amide bonds. The molecule has 0 bridgehead atoms. The van der Waals surface area contributed by atoms with E-state index in [9.17, 15) is 5.11 Å². The molecule has 5 rings (SSSR count). The van der Waals surface area contributed by atoms with Crippen LogP contribution in [0.15, 0.2) is 71.4 Å². The van der Waals surface area contributed by atoms with Gasteiger partial charge in [0.1, 0.15) is 0 Å². The fourth-order valence-electron chi connectivity index (χ4n) is 4.58. The number of aliphatic hydroxyl groups excluding tert-OH is 1. The quantitative estimate of drug-likeness (QED) is 0.247. The average molecular weight is 483 g/mol. The summed E-state index contributed by atoms with van der Waals surface area (Å²) in [7, 11) is 1.73. The molecule has 0 atom stereocenters. The average Bonchev–Trinajstić information content (AvgIpc) is 3.49. The van der Waals surface area contributed by atoms with Crippen LogP contribution in [0.5, 0.6) is 0 Å². The van der Waals surface area contributed by atoms with Crippen LogP contribution in [0.1, 0.15) is 29.1 Å². The second kappa shape index (κ2) is 10.4. The van der Waals surface area contributed by atoms with Gasteiger partial charge in [0.2, 0.25) is 0 Å². The van der Waals surface area contributed by atoms with Crippen LogP contribution in [0.25, 0.3) is 28.2 Å². The van der Waals surface area contributed by atoms with Gasteiger partial charge in [0.05, 0.1) is 29.9 Å². The third-order valence-electron chi connectivity index (χ3n) is 6.35. The number of hydrogen-bond donors (Lipinski definition) is 2. The molecule has 0 saturated heterocycles. The van der Waals surface area contributed by atoms with Crippen molar-refractivity contribution in [1.82, 2.24) is 14.4 Å². The van der Waals surface area contributed by atoms with E-state index in [0.29, 0.717) is 18.3 Å². The number of rotatable bonds is 9. The number of hydrogen-bond acceptors (Lipinski definition) is 6. The lowest BCUT2D eigenvalue weighted by Gasteiger charge is -2.12. The smallest absolute Gasteiger partial charge is 0.191 e. The van der Waals surface area contributed by atoms with Crippen LogP contribution in [0.3, 0.4) is 0 Å². The van der Waals surface area contributed by atoms with Crippen molar-refractivity contribution >= 4 is 17.0 Å². The van der Waals surface area contributed by atoms with E-state index < -0.39 is 0 Å². The zero-order valence-corrected chi connectivity index (χ0v) is 20.8. The van der Waals surface area contributed by atoms with E-state index in [4.69, 9.17) is 14.1 Å². The third-order valence-corrected chi connectivity index (χ3v) is 6.35. The van der Waals surface area contributed by atoms with Crippen molar-refractivity contribution in [1.29, 1.82) is 0 Å². The van der Waals surface area contributed by atoms with Crippen molar-refractivity contribution in [3.05, 3.63) is 89.7 Å². The Morgan fingerprint density at radius 2 is 1.92 bits per heavy atom. The highest BCUT2D eigenvalue weighted by Crippen LogP contribution is 2.33. The summed E-state index contributed by atoms with van der Waals surface area (Å²) in [5.74, 6) is 1.23. The summed E-state index contributed by atoms with van der Waals surface area (Å²) >= 11 is 0. The lowest BCUT2D eigenvalue weighted by Crippen LogP contribution is -2.00. The minimum absolute atomic E-state index is 0.112. The van der Waals surface area contributed by atoms with E-state index in [2.05, 4.69) is 52.1 Å².